The van der Waals surface area contributed by atoms with Crippen LogP contribution in [0.25, 0.3) is 0 Å². The molecule has 0 aromatic rings. The van der Waals surface area contributed by atoms with Crippen LogP contribution in [0, 0.1) is 0 Å². The monoisotopic (exact) mass is 230 g/mol. The highest BCUT2D eigenvalue weighted by molar-refractivity contribution is 6.17. The summed E-state index contributed by atoms with van der Waals surface area (Å²) < 4.78 is 0. The Labute approximate surface area is 98.6 Å². The zero-order chi connectivity index (χ0) is 10.5. The zero-order valence-corrected chi connectivity index (χ0v) is 10.4. The van der Waals surface area contributed by atoms with Crippen molar-refractivity contribution in [3.05, 3.63) is 0 Å². The van der Waals surface area contributed by atoms with Crippen molar-refractivity contribution in [2.24, 2.45) is 0 Å². The third-order valence-corrected chi connectivity index (χ3v) is 4.01. The highest BCUT2D eigenvalue weighted by atomic mass is 35.5. The average Bonchev–Trinajstić information content (AvgIpc) is 2.58. The van der Waals surface area contributed by atoms with E-state index in [2.05, 4.69) is 9.80 Å². The summed E-state index contributed by atoms with van der Waals surface area (Å²) in [6.07, 6.45) is 6.65. The third kappa shape index (κ3) is 3.33. The van der Waals surface area contributed by atoms with Crippen molar-refractivity contribution >= 4 is 11.6 Å². The number of halogens is 1. The van der Waals surface area contributed by atoms with Crippen LogP contribution in [0.1, 0.15) is 32.1 Å². The van der Waals surface area contributed by atoms with E-state index in [0.29, 0.717) is 0 Å². The third-order valence-electron chi connectivity index (χ3n) is 3.75. The minimum absolute atomic E-state index is 0.823. The Bertz CT molecular complexity index is 186. The molecule has 3 heteroatoms. The molecule has 2 heterocycles. The van der Waals surface area contributed by atoms with Gasteiger partial charge in [-0.1, -0.05) is 0 Å². The number of hydrogen-bond acceptors (Lipinski definition) is 2. The first-order valence-corrected chi connectivity index (χ1v) is 6.96. The molecule has 0 bridgehead atoms. The van der Waals surface area contributed by atoms with Crippen molar-refractivity contribution in [3.8, 4) is 0 Å². The van der Waals surface area contributed by atoms with E-state index >= 15 is 0 Å². The number of fused-ring (bicyclic) bond motifs is 1. The lowest BCUT2D eigenvalue weighted by Crippen LogP contribution is -2.37. The van der Waals surface area contributed by atoms with Gasteiger partial charge >= 0.3 is 0 Å². The van der Waals surface area contributed by atoms with E-state index in [1.165, 1.54) is 64.8 Å². The van der Waals surface area contributed by atoms with E-state index in [1.807, 2.05) is 0 Å². The van der Waals surface area contributed by atoms with Gasteiger partial charge in [-0.25, -0.2) is 0 Å². The molecule has 0 radical (unpaired) electrons. The normalized spacial score (nSPS) is 29.0. The molecule has 0 aromatic heterocycles. The van der Waals surface area contributed by atoms with Crippen LogP contribution in [-0.4, -0.2) is 54.4 Å². The molecule has 1 atom stereocenters. The molecule has 0 N–H and O–H groups in total. The summed E-state index contributed by atoms with van der Waals surface area (Å²) in [6, 6.07) is 0.864. The second kappa shape index (κ2) is 6.07. The second-order valence-electron chi connectivity index (χ2n) is 4.88. The maximum Gasteiger partial charge on any atom is 0.0223 e. The fourth-order valence-electron chi connectivity index (χ4n) is 2.92. The van der Waals surface area contributed by atoms with E-state index < -0.39 is 0 Å². The maximum absolute atomic E-state index is 5.71. The fourth-order valence-corrected chi connectivity index (χ4v) is 3.10. The molecule has 0 aliphatic carbocycles. The van der Waals surface area contributed by atoms with Crippen molar-refractivity contribution in [3.63, 3.8) is 0 Å². The van der Waals surface area contributed by atoms with Crippen LogP contribution in [0.5, 0.6) is 0 Å². The summed E-state index contributed by atoms with van der Waals surface area (Å²) >= 11 is 5.71. The number of unbranched alkanes of at least 4 members (excludes halogenated alkanes) is 1. The van der Waals surface area contributed by atoms with Gasteiger partial charge in [-0.05, 0) is 58.3 Å². The maximum atomic E-state index is 5.71. The number of alkyl halides is 1. The van der Waals surface area contributed by atoms with Gasteiger partial charge in [-0.2, -0.15) is 0 Å². The molecule has 0 amide bonds. The Kier molecular flexibility index (Phi) is 4.73. The van der Waals surface area contributed by atoms with Gasteiger partial charge in [0.15, 0.2) is 0 Å². The molecule has 0 spiro atoms. The smallest absolute Gasteiger partial charge is 0.0223 e. The molecule has 2 nitrogen and oxygen atoms in total. The van der Waals surface area contributed by atoms with Crippen molar-refractivity contribution < 1.29 is 0 Å². The minimum Gasteiger partial charge on any atom is -0.302 e. The Morgan fingerprint density at radius 2 is 1.93 bits per heavy atom. The van der Waals surface area contributed by atoms with Gasteiger partial charge in [0.05, 0.1) is 0 Å². The fraction of sp³-hybridized carbons (Fsp3) is 1.00. The van der Waals surface area contributed by atoms with Crippen LogP contribution in [0.4, 0.5) is 0 Å². The summed E-state index contributed by atoms with van der Waals surface area (Å²) in [5.41, 5.74) is 0. The van der Waals surface area contributed by atoms with Crippen molar-refractivity contribution in [2.75, 3.05) is 38.6 Å². The highest BCUT2D eigenvalue weighted by Gasteiger charge is 2.28. The first kappa shape index (κ1) is 11.7. The van der Waals surface area contributed by atoms with Gasteiger partial charge in [0, 0.05) is 18.5 Å². The first-order chi connectivity index (χ1) is 7.40. The van der Waals surface area contributed by atoms with Gasteiger partial charge in [-0.3, -0.25) is 4.90 Å². The zero-order valence-electron chi connectivity index (χ0n) is 9.63. The lowest BCUT2D eigenvalue weighted by molar-refractivity contribution is 0.218. The van der Waals surface area contributed by atoms with Crippen molar-refractivity contribution in [1.29, 1.82) is 0 Å². The summed E-state index contributed by atoms with van der Waals surface area (Å²) in [5.74, 6) is 0.823. The van der Waals surface area contributed by atoms with Gasteiger partial charge in [0.1, 0.15) is 0 Å². The Balaban J connectivity index is 1.75. The van der Waals surface area contributed by atoms with Gasteiger partial charge in [0.2, 0.25) is 0 Å². The number of hydrogen-bond donors (Lipinski definition) is 0. The van der Waals surface area contributed by atoms with E-state index in [1.54, 1.807) is 0 Å². The van der Waals surface area contributed by atoms with Crippen molar-refractivity contribution in [2.45, 2.75) is 38.1 Å². The van der Waals surface area contributed by atoms with Crippen LogP contribution in [-0.2, 0) is 0 Å². The molecule has 0 saturated carbocycles. The molecule has 1 unspecified atom stereocenters. The summed E-state index contributed by atoms with van der Waals surface area (Å²) in [4.78, 5) is 5.35. The van der Waals surface area contributed by atoms with Crippen molar-refractivity contribution in [1.82, 2.24) is 9.80 Å². The van der Waals surface area contributed by atoms with Gasteiger partial charge < -0.3 is 4.90 Å². The van der Waals surface area contributed by atoms with Crippen LogP contribution in [0.2, 0.25) is 0 Å². The minimum atomic E-state index is 0.823. The average molecular weight is 231 g/mol. The van der Waals surface area contributed by atoms with E-state index in [9.17, 15) is 0 Å². The standard InChI is InChI=1S/C12H23ClN2/c13-6-1-2-7-14-8-4-10-15-9-3-5-12(15)11-14/h12H,1-11H2. The first-order valence-electron chi connectivity index (χ1n) is 6.42. The predicted molar refractivity (Wildman–Crippen MR) is 65.6 cm³/mol. The topological polar surface area (TPSA) is 6.48 Å². The van der Waals surface area contributed by atoms with E-state index in [-0.39, 0.29) is 0 Å². The molecule has 15 heavy (non-hydrogen) atoms. The lowest BCUT2D eigenvalue weighted by Gasteiger charge is -2.25. The Hall–Kier alpha value is 0.210. The SMILES string of the molecule is ClCCCCN1CCCN2CCCC2C1. The Morgan fingerprint density at radius 1 is 1.07 bits per heavy atom. The lowest BCUT2D eigenvalue weighted by atomic mass is 10.2. The molecule has 88 valence electrons. The summed E-state index contributed by atoms with van der Waals surface area (Å²) in [7, 11) is 0. The van der Waals surface area contributed by atoms with Crippen LogP contribution >= 0.6 is 11.6 Å². The largest absolute Gasteiger partial charge is 0.302 e. The second-order valence-corrected chi connectivity index (χ2v) is 5.26. The molecule has 2 aliphatic rings. The quantitative estimate of drug-likeness (QED) is 0.540. The molecule has 2 saturated heterocycles. The molecule has 2 rings (SSSR count). The van der Waals surface area contributed by atoms with Crippen LogP contribution in [0.3, 0.4) is 0 Å². The van der Waals surface area contributed by atoms with E-state index in [0.717, 1.165) is 11.9 Å². The van der Waals surface area contributed by atoms with Crippen LogP contribution in [0.15, 0.2) is 0 Å². The predicted octanol–water partition coefficient (Wildman–Crippen LogP) is 2.18. The van der Waals surface area contributed by atoms with Gasteiger partial charge in [-0.15, -0.1) is 11.6 Å². The summed E-state index contributed by atoms with van der Waals surface area (Å²) in [6.45, 7) is 6.55. The van der Waals surface area contributed by atoms with Crippen LogP contribution < -0.4 is 0 Å². The molecule has 2 aliphatic heterocycles. The van der Waals surface area contributed by atoms with E-state index in [4.69, 9.17) is 11.6 Å². The highest BCUT2D eigenvalue weighted by Crippen LogP contribution is 2.21. The molecular weight excluding hydrogens is 208 g/mol. The molecular formula is C12H23ClN2. The number of nitrogens with zero attached hydrogens (tertiary/aromatic N) is 2. The Morgan fingerprint density at radius 3 is 2.80 bits per heavy atom. The number of rotatable bonds is 4. The van der Waals surface area contributed by atoms with Gasteiger partial charge in [0.25, 0.3) is 0 Å². The summed E-state index contributed by atoms with van der Waals surface area (Å²) in [5, 5.41) is 0. The molecule has 2 fully saturated rings. The molecule has 0 aromatic carbocycles.